The minimum atomic E-state index is -0.464. The van der Waals surface area contributed by atoms with E-state index in [0.717, 1.165) is 148 Å². The smallest absolute Gasteiger partial charge is 0.311 e. The average molecular weight is 1770 g/mol. The molecule has 8 saturated heterocycles. The molecule has 4 bridgehead atoms. The number of ether oxygens (including phenoxy) is 2. The van der Waals surface area contributed by atoms with Gasteiger partial charge in [0.2, 0.25) is 82.7 Å². The number of imide groups is 7. The summed E-state index contributed by atoms with van der Waals surface area (Å²) in [7, 11) is 0. The van der Waals surface area contributed by atoms with Gasteiger partial charge in [-0.3, -0.25) is 106 Å². The first-order valence-corrected chi connectivity index (χ1v) is 50.3. The maximum Gasteiger partial charge on any atom is 0.311 e. The van der Waals surface area contributed by atoms with Gasteiger partial charge in [-0.15, -0.1) is 0 Å². The lowest BCUT2D eigenvalue weighted by atomic mass is 9.56. The van der Waals surface area contributed by atoms with Crippen molar-refractivity contribution in [3.05, 3.63) is 0 Å². The van der Waals surface area contributed by atoms with Crippen molar-refractivity contribution in [2.75, 3.05) is 13.2 Å². The topological polar surface area (TPSA) is 297 Å². The normalized spacial score (nSPS) is 30.7. The minimum absolute atomic E-state index is 0.00766. The van der Waals surface area contributed by atoms with E-state index in [4.69, 9.17) is 9.47 Å². The summed E-state index contributed by atoms with van der Waals surface area (Å²) in [6.07, 6.45) is 39.1. The summed E-state index contributed by atoms with van der Waals surface area (Å²) in [6, 6.07) is -0.0501. The lowest BCUT2D eigenvalue weighted by Gasteiger charge is -2.62. The Balaban J connectivity index is 0.000000144. The molecule has 17 aliphatic rings. The Labute approximate surface area is 760 Å². The van der Waals surface area contributed by atoms with Crippen molar-refractivity contribution in [2.24, 2.45) is 85.8 Å². The third-order valence-electron chi connectivity index (χ3n) is 36.7. The van der Waals surface area contributed by atoms with Gasteiger partial charge in [0.15, 0.2) is 0 Å². The maximum absolute atomic E-state index is 12.9. The van der Waals surface area contributed by atoms with E-state index in [1.807, 2.05) is 125 Å². The first-order chi connectivity index (χ1) is 59.5. The second-order valence-corrected chi connectivity index (χ2v) is 46.0. The highest BCUT2D eigenvalue weighted by Gasteiger charge is 2.75. The van der Waals surface area contributed by atoms with Crippen molar-refractivity contribution < 1.29 is 81.4 Å². The van der Waals surface area contributed by atoms with E-state index in [1.165, 1.54) is 56.3 Å². The van der Waals surface area contributed by atoms with E-state index in [9.17, 15) is 71.9 Å². The summed E-state index contributed by atoms with van der Waals surface area (Å²) in [6.45, 7) is 45.3. The Morgan fingerprint density at radius 2 is 0.669 bits per heavy atom. The zero-order valence-corrected chi connectivity index (χ0v) is 82.3. The van der Waals surface area contributed by atoms with Gasteiger partial charge in [-0.1, -0.05) is 203 Å². The predicted molar refractivity (Wildman–Crippen MR) is 484 cm³/mol. The van der Waals surface area contributed by atoms with Crippen LogP contribution in [-0.4, -0.2) is 182 Å². The Kier molecular flexibility index (Phi) is 30.3. The van der Waals surface area contributed by atoms with Crippen molar-refractivity contribution in [2.45, 2.75) is 461 Å². The van der Waals surface area contributed by atoms with Crippen molar-refractivity contribution in [3.8, 4) is 0 Å². The van der Waals surface area contributed by atoms with E-state index >= 15 is 0 Å². The minimum Gasteiger partial charge on any atom is -0.462 e. The van der Waals surface area contributed by atoms with Crippen LogP contribution in [0.4, 0.5) is 0 Å². The summed E-state index contributed by atoms with van der Waals surface area (Å²) in [5, 5.41) is 0. The van der Waals surface area contributed by atoms with Crippen LogP contribution in [0.2, 0.25) is 0 Å². The van der Waals surface area contributed by atoms with Crippen molar-refractivity contribution >= 4 is 88.7 Å². The number of likely N-dealkylation sites (tertiary alicyclic amines) is 7. The second kappa shape index (κ2) is 38.2. The van der Waals surface area contributed by atoms with E-state index in [-0.39, 0.29) is 174 Å². The molecule has 24 nitrogen and oxygen atoms in total. The van der Waals surface area contributed by atoms with Gasteiger partial charge in [0.25, 0.3) is 0 Å². The summed E-state index contributed by atoms with van der Waals surface area (Å²) in [5.74, 6) is 2.45. The van der Waals surface area contributed by atoms with Crippen LogP contribution in [0, 0.1) is 85.8 Å². The van der Waals surface area contributed by atoms with E-state index < -0.39 is 21.7 Å². The van der Waals surface area contributed by atoms with Gasteiger partial charge in [-0.25, -0.2) is 0 Å². The van der Waals surface area contributed by atoms with Crippen LogP contribution < -0.4 is 0 Å². The second-order valence-electron chi connectivity index (χ2n) is 46.0. The van der Waals surface area contributed by atoms with Crippen LogP contribution in [0.5, 0.6) is 0 Å². The van der Waals surface area contributed by atoms with Crippen LogP contribution in [0.15, 0.2) is 0 Å². The van der Waals surface area contributed by atoms with Gasteiger partial charge in [0.05, 0.1) is 102 Å². The van der Waals surface area contributed by atoms with Crippen LogP contribution in [0.1, 0.15) is 416 Å². The number of esters is 1. The van der Waals surface area contributed by atoms with Crippen LogP contribution in [-0.2, 0) is 81.4 Å². The molecule has 8 aliphatic heterocycles. The van der Waals surface area contributed by atoms with E-state index in [0.29, 0.717) is 101 Å². The van der Waals surface area contributed by atoms with Crippen molar-refractivity contribution in [1.82, 2.24) is 34.3 Å². The van der Waals surface area contributed by atoms with Crippen LogP contribution >= 0.6 is 0 Å². The molecule has 0 N–H and O–H groups in total. The summed E-state index contributed by atoms with van der Waals surface area (Å²) < 4.78 is 10.9. The summed E-state index contributed by atoms with van der Waals surface area (Å²) in [4.78, 5) is 194. The summed E-state index contributed by atoms with van der Waals surface area (Å²) in [5.41, 5.74) is -2.13. The number of amides is 14. The van der Waals surface area contributed by atoms with Gasteiger partial charge in [-0.2, -0.15) is 0 Å². The molecule has 11 atom stereocenters. The zero-order chi connectivity index (χ0) is 93.9. The SMILES string of the molecule is CCC(C)(C)C(=O)N1C(=O)CC12C1CCC(C1)C2(C)C.CCC(C)(C)C(=O)N1C(=O)CC12CCCC2.CCC(C)(C)C(=O)N1C(=O)CC12CCCCC2.CCC(C)(C)C(=O)OC1CCC(C(=O)N2C(=O)C3COCC32)CC1.CCC(C)C(=O)N1C(=O)CC12C1CCC(C1)C2(C)C.CCC(C)C(=O)N1C(=O)CC12CCCC2.CCC(C)C(=O)N1C(=O)CC12CCCCC2. The molecule has 8 heterocycles. The number of hydrogen-bond acceptors (Lipinski definition) is 17. The first kappa shape index (κ1) is 101. The predicted octanol–water partition coefficient (Wildman–Crippen LogP) is 18.2. The molecule has 6 spiro atoms. The summed E-state index contributed by atoms with van der Waals surface area (Å²) >= 11 is 0. The van der Waals surface area contributed by atoms with Crippen molar-refractivity contribution in [1.29, 1.82) is 0 Å². The zero-order valence-electron chi connectivity index (χ0n) is 82.3. The Morgan fingerprint density at radius 3 is 0.976 bits per heavy atom. The van der Waals surface area contributed by atoms with E-state index in [2.05, 4.69) is 27.7 Å². The van der Waals surface area contributed by atoms with Gasteiger partial charge in [0, 0.05) is 39.9 Å². The molecule has 0 aromatic rings. The molecule has 11 unspecified atom stereocenters. The Morgan fingerprint density at radius 1 is 0.370 bits per heavy atom. The highest BCUT2D eigenvalue weighted by Crippen LogP contribution is 2.70. The molecular formula is C103H163N7O17. The Bertz CT molecular complexity index is 4180. The number of fused-ring (bicyclic) bond motifs is 7. The van der Waals surface area contributed by atoms with Gasteiger partial charge >= 0.3 is 5.97 Å². The fourth-order valence-electron chi connectivity index (χ4n) is 25.3. The number of carbonyl (C=O) groups is 15. The lowest BCUT2D eigenvalue weighted by Crippen LogP contribution is -2.75. The molecule has 17 fully saturated rings. The molecular weight excluding hydrogens is 1610 g/mol. The standard InChI is InChI=1S/C18H27NO5.C17H27NO2.C16H25NO2.C14H23NO2.2C13H21NO2.C12H19NO2/c1-4-18(2,3)17(22)24-12-7-5-11(6-8-12)15(20)19-14-10-23-9-13(14)16(19)21;1-6-15(2,3)14(20)18-13(19)10-17(18)12-8-7-11(9-12)16(17,4)5;1-5-10(2)14(19)17-13(18)9-16(17)12-7-6-11(8-12)15(16,3)4;1-4-13(2,3)12(17)15-11(16)10-14(15)8-6-5-7-9-14;1-4-12(2,3)11(16)14-10(15)9-13(14)7-5-6-8-13;1-3-10(2)12(16)14-11(15)9-13(14)7-5-4-6-8-13;1-3-9(2)11(15)13-10(14)8-12(13)6-4-5-7-12/h11-14H,4-10H2,1-3H3;11-12H,6-10H2,1-5H3;10-12H,5-9H2,1-4H3;4-10H2,1-3H3;4-9H2,1-3H3;10H,3-9H2,1-2H3;9H,3-8H2,1-2H3. The first-order valence-electron chi connectivity index (χ1n) is 50.3. The average Bonchev–Trinajstić information content (AvgIpc) is 1.52. The molecule has 24 heteroatoms. The Hall–Kier alpha value is -6.59. The molecule has 0 aromatic carbocycles. The highest BCUT2D eigenvalue weighted by atomic mass is 16.5. The molecule has 712 valence electrons. The third kappa shape index (κ3) is 17.9. The van der Waals surface area contributed by atoms with Gasteiger partial charge in [0.1, 0.15) is 6.10 Å². The highest BCUT2D eigenvalue weighted by molar-refractivity contribution is 6.08. The van der Waals surface area contributed by atoms with Crippen molar-refractivity contribution in [3.63, 3.8) is 0 Å². The molecule has 127 heavy (non-hydrogen) atoms. The third-order valence-corrected chi connectivity index (χ3v) is 36.7. The largest absolute Gasteiger partial charge is 0.462 e. The maximum atomic E-state index is 12.9. The monoisotopic (exact) mass is 1770 g/mol. The molecule has 14 amide bonds. The van der Waals surface area contributed by atoms with Crippen LogP contribution in [0.25, 0.3) is 0 Å². The van der Waals surface area contributed by atoms with Gasteiger partial charge < -0.3 is 9.47 Å². The lowest BCUT2D eigenvalue weighted by molar-refractivity contribution is -0.192. The molecule has 9 aliphatic carbocycles. The van der Waals surface area contributed by atoms with E-state index in [1.54, 1.807) is 29.4 Å². The molecule has 0 aromatic heterocycles. The molecule has 17 rings (SSSR count). The fourth-order valence-corrected chi connectivity index (χ4v) is 25.3. The number of β-lactam (4-membered cyclic amide) rings is 7. The van der Waals surface area contributed by atoms with Gasteiger partial charge in [-0.05, 0) is 209 Å². The number of hydrogen-bond donors (Lipinski definition) is 0. The number of rotatable bonds is 16. The fraction of sp³-hybridized carbons (Fsp3) is 0.854. The van der Waals surface area contributed by atoms with Crippen LogP contribution in [0.3, 0.4) is 0 Å². The quantitative estimate of drug-likeness (QED) is 0.0788. The molecule has 9 saturated carbocycles. The number of nitrogens with zero attached hydrogens (tertiary/aromatic N) is 7. The number of carbonyl (C=O) groups excluding carboxylic acids is 15. The molecule has 0 radical (unpaired) electrons.